The lowest BCUT2D eigenvalue weighted by atomic mass is 9.87. The van der Waals surface area contributed by atoms with Crippen molar-refractivity contribution in [2.45, 2.75) is 39.3 Å². The average molecular weight is 377 g/mol. The molecule has 0 saturated carbocycles. The molecule has 1 amide bonds. The van der Waals surface area contributed by atoms with Crippen LogP contribution in [0.1, 0.15) is 32.2 Å². The van der Waals surface area contributed by atoms with E-state index in [0.717, 1.165) is 22.6 Å². The molecule has 1 aromatic heterocycles. The maximum atomic E-state index is 11.5. The van der Waals surface area contributed by atoms with E-state index in [1.54, 1.807) is 0 Å². The van der Waals surface area contributed by atoms with Gasteiger partial charge >= 0.3 is 0 Å². The molecule has 0 aliphatic heterocycles. The van der Waals surface area contributed by atoms with E-state index in [9.17, 15) is 4.79 Å². The Bertz CT molecular complexity index is 966. The summed E-state index contributed by atoms with van der Waals surface area (Å²) in [6.07, 6.45) is 1.26. The van der Waals surface area contributed by atoms with Gasteiger partial charge in [-0.25, -0.2) is 4.98 Å². The molecule has 0 unspecified atom stereocenters. The minimum atomic E-state index is -0.214. The van der Waals surface area contributed by atoms with Gasteiger partial charge in [0.25, 0.3) is 0 Å². The number of para-hydroxylation sites is 2. The minimum Gasteiger partial charge on any atom is -0.492 e. The minimum absolute atomic E-state index is 0.124. The van der Waals surface area contributed by atoms with Crippen LogP contribution in [0.15, 0.2) is 61.2 Å². The smallest absolute Gasteiger partial charge is 0.243 e. The van der Waals surface area contributed by atoms with Gasteiger partial charge in [-0.2, -0.15) is 0 Å². The van der Waals surface area contributed by atoms with Crippen LogP contribution in [0.25, 0.3) is 11.0 Å². The summed E-state index contributed by atoms with van der Waals surface area (Å²) in [4.78, 5) is 16.2. The molecule has 0 bridgehead atoms. The van der Waals surface area contributed by atoms with Gasteiger partial charge in [-0.15, -0.1) is 0 Å². The number of carbonyl (C=O) groups is 1. The molecule has 0 saturated heterocycles. The number of carbonyl (C=O) groups excluding carboxylic acids is 1. The largest absolute Gasteiger partial charge is 0.492 e. The van der Waals surface area contributed by atoms with Crippen molar-refractivity contribution in [1.29, 1.82) is 0 Å². The summed E-state index contributed by atoms with van der Waals surface area (Å²) in [5.41, 5.74) is 3.33. The molecule has 0 aliphatic carbocycles. The lowest BCUT2D eigenvalue weighted by Gasteiger charge is -2.19. The molecular formula is C23H27N3O2. The van der Waals surface area contributed by atoms with Crippen molar-refractivity contribution >= 4 is 16.9 Å². The molecule has 0 spiro atoms. The molecule has 2 aromatic carbocycles. The predicted molar refractivity (Wildman–Crippen MR) is 112 cm³/mol. The van der Waals surface area contributed by atoms with Gasteiger partial charge in [-0.1, -0.05) is 51.6 Å². The molecule has 0 aliphatic rings. The van der Waals surface area contributed by atoms with Gasteiger partial charge in [-0.05, 0) is 41.3 Å². The Labute approximate surface area is 166 Å². The molecule has 28 heavy (non-hydrogen) atoms. The van der Waals surface area contributed by atoms with Crippen LogP contribution in [-0.4, -0.2) is 22.1 Å². The molecule has 3 aromatic rings. The number of aromatic nitrogens is 2. The molecular weight excluding hydrogens is 350 g/mol. The fourth-order valence-corrected chi connectivity index (χ4v) is 3.05. The molecule has 5 nitrogen and oxygen atoms in total. The normalized spacial score (nSPS) is 11.4. The second-order valence-electron chi connectivity index (χ2n) is 7.71. The Kier molecular flexibility index (Phi) is 5.83. The third-order valence-electron chi connectivity index (χ3n) is 4.64. The summed E-state index contributed by atoms with van der Waals surface area (Å²) < 4.78 is 8.03. The summed E-state index contributed by atoms with van der Waals surface area (Å²) in [5, 5.41) is 2.80. The fraction of sp³-hybridized carbons (Fsp3) is 0.304. The highest BCUT2D eigenvalue weighted by atomic mass is 16.5. The van der Waals surface area contributed by atoms with Gasteiger partial charge < -0.3 is 14.6 Å². The van der Waals surface area contributed by atoms with Crippen molar-refractivity contribution in [3.05, 3.63) is 72.6 Å². The zero-order valence-corrected chi connectivity index (χ0v) is 16.7. The van der Waals surface area contributed by atoms with Gasteiger partial charge in [0.2, 0.25) is 5.91 Å². The van der Waals surface area contributed by atoms with Crippen molar-refractivity contribution in [2.75, 3.05) is 6.61 Å². The van der Waals surface area contributed by atoms with Gasteiger partial charge in [0.15, 0.2) is 0 Å². The Hall–Kier alpha value is -3.08. The van der Waals surface area contributed by atoms with Crippen LogP contribution in [0.3, 0.4) is 0 Å². The number of hydrogen-bond acceptors (Lipinski definition) is 3. The first-order valence-electron chi connectivity index (χ1n) is 9.46. The second-order valence-corrected chi connectivity index (χ2v) is 7.71. The van der Waals surface area contributed by atoms with Gasteiger partial charge in [0, 0.05) is 0 Å². The van der Waals surface area contributed by atoms with E-state index in [1.807, 2.05) is 36.4 Å². The van der Waals surface area contributed by atoms with E-state index in [4.69, 9.17) is 4.74 Å². The van der Waals surface area contributed by atoms with Crippen LogP contribution >= 0.6 is 0 Å². The third-order valence-corrected chi connectivity index (χ3v) is 4.64. The second kappa shape index (κ2) is 8.30. The Morgan fingerprint density at radius 2 is 1.89 bits per heavy atom. The van der Waals surface area contributed by atoms with E-state index >= 15 is 0 Å². The Morgan fingerprint density at radius 1 is 1.18 bits per heavy atom. The summed E-state index contributed by atoms with van der Waals surface area (Å²) in [6, 6.07) is 16.2. The summed E-state index contributed by atoms with van der Waals surface area (Å²) in [6.45, 7) is 11.6. The van der Waals surface area contributed by atoms with E-state index in [2.05, 4.69) is 54.4 Å². The van der Waals surface area contributed by atoms with E-state index in [0.29, 0.717) is 19.7 Å². The Morgan fingerprint density at radius 3 is 2.57 bits per heavy atom. The van der Waals surface area contributed by atoms with Crippen molar-refractivity contribution < 1.29 is 9.53 Å². The summed E-state index contributed by atoms with van der Waals surface area (Å²) in [5.74, 6) is 1.43. The topological polar surface area (TPSA) is 56.2 Å². The first-order valence-corrected chi connectivity index (χ1v) is 9.46. The van der Waals surface area contributed by atoms with Gasteiger partial charge in [0.05, 0.1) is 24.1 Å². The van der Waals surface area contributed by atoms with E-state index in [-0.39, 0.29) is 11.3 Å². The van der Waals surface area contributed by atoms with Crippen molar-refractivity contribution in [1.82, 2.24) is 14.9 Å². The maximum Gasteiger partial charge on any atom is 0.243 e. The number of rotatable bonds is 7. The summed E-state index contributed by atoms with van der Waals surface area (Å²) >= 11 is 0. The van der Waals surface area contributed by atoms with E-state index in [1.165, 1.54) is 11.6 Å². The first-order chi connectivity index (χ1) is 13.4. The van der Waals surface area contributed by atoms with Crippen LogP contribution in [-0.2, 0) is 23.3 Å². The molecule has 146 valence electrons. The molecule has 1 heterocycles. The maximum absolute atomic E-state index is 11.5. The van der Waals surface area contributed by atoms with Crippen molar-refractivity contribution in [3.8, 4) is 5.75 Å². The molecule has 5 heteroatoms. The molecule has 1 N–H and O–H groups in total. The number of ether oxygens (including phenoxy) is 1. The van der Waals surface area contributed by atoms with Crippen LogP contribution in [0.5, 0.6) is 5.75 Å². The highest BCUT2D eigenvalue weighted by Crippen LogP contribution is 2.24. The molecule has 0 fully saturated rings. The SMILES string of the molecule is C=CC(=O)NCc1nc2ccccc2n1CCOc1ccc(C(C)(C)C)cc1. The number of fused-ring (bicyclic) bond motifs is 1. The lowest BCUT2D eigenvalue weighted by molar-refractivity contribution is -0.116. The molecule has 0 radical (unpaired) electrons. The van der Waals surface area contributed by atoms with Gasteiger partial charge in [-0.3, -0.25) is 4.79 Å². The molecule has 3 rings (SSSR count). The van der Waals surface area contributed by atoms with E-state index < -0.39 is 0 Å². The van der Waals surface area contributed by atoms with Gasteiger partial charge in [0.1, 0.15) is 18.2 Å². The number of nitrogens with one attached hydrogen (secondary N) is 1. The van der Waals surface area contributed by atoms with Crippen LogP contribution < -0.4 is 10.1 Å². The average Bonchev–Trinajstić information content (AvgIpc) is 3.03. The monoisotopic (exact) mass is 377 g/mol. The number of nitrogens with zero attached hydrogens (tertiary/aromatic N) is 2. The quantitative estimate of drug-likeness (QED) is 0.628. The van der Waals surface area contributed by atoms with Crippen molar-refractivity contribution in [2.24, 2.45) is 0 Å². The highest BCUT2D eigenvalue weighted by Gasteiger charge is 2.13. The van der Waals surface area contributed by atoms with Crippen LogP contribution in [0.2, 0.25) is 0 Å². The standard InChI is InChI=1S/C23H27N3O2/c1-5-22(27)24-16-21-25-19-8-6-7-9-20(19)26(21)14-15-28-18-12-10-17(11-13-18)23(2,3)4/h5-13H,1,14-16H2,2-4H3,(H,24,27). The molecule has 0 atom stereocenters. The number of benzene rings is 2. The van der Waals surface area contributed by atoms with Crippen LogP contribution in [0, 0.1) is 0 Å². The first kappa shape index (κ1) is 19.7. The third kappa shape index (κ3) is 4.60. The number of amides is 1. The highest BCUT2D eigenvalue weighted by molar-refractivity contribution is 5.86. The zero-order chi connectivity index (χ0) is 20.1. The van der Waals surface area contributed by atoms with Crippen molar-refractivity contribution in [3.63, 3.8) is 0 Å². The number of hydrogen-bond donors (Lipinski definition) is 1. The lowest BCUT2D eigenvalue weighted by Crippen LogP contribution is -2.23. The van der Waals surface area contributed by atoms with Crippen LogP contribution in [0.4, 0.5) is 0 Å². The summed E-state index contributed by atoms with van der Waals surface area (Å²) in [7, 11) is 0. The predicted octanol–water partition coefficient (Wildman–Crippen LogP) is 4.22. The number of imidazole rings is 1. The zero-order valence-electron chi connectivity index (χ0n) is 16.7. The fourth-order valence-electron chi connectivity index (χ4n) is 3.05. The Balaban J connectivity index is 1.70.